The van der Waals surface area contributed by atoms with Gasteiger partial charge in [-0.25, -0.2) is 0 Å². The van der Waals surface area contributed by atoms with Crippen LogP contribution in [0.1, 0.15) is 47.5 Å². The van der Waals surface area contributed by atoms with Gasteiger partial charge in [-0.15, -0.1) is 0 Å². The van der Waals surface area contributed by atoms with E-state index in [1.807, 2.05) is 0 Å². The summed E-state index contributed by atoms with van der Waals surface area (Å²) in [5.74, 6) is 3.59. The third-order valence-corrected chi connectivity index (χ3v) is 4.34. The Hall–Kier alpha value is -0.0400. The molecule has 0 aromatic heterocycles. The van der Waals surface area contributed by atoms with E-state index in [-0.39, 0.29) is 5.60 Å². The molecule has 0 amide bonds. The van der Waals surface area contributed by atoms with Crippen LogP contribution in [-0.2, 0) is 4.74 Å². The van der Waals surface area contributed by atoms with Crippen molar-refractivity contribution in [2.75, 3.05) is 0 Å². The number of hydrogen-bond acceptors (Lipinski definition) is 1. The molecule has 0 spiro atoms. The van der Waals surface area contributed by atoms with Crippen LogP contribution in [0.5, 0.6) is 0 Å². The molecule has 0 heterocycles. The second kappa shape index (κ2) is 3.23. The van der Waals surface area contributed by atoms with Crippen LogP contribution in [0.15, 0.2) is 0 Å². The van der Waals surface area contributed by atoms with Crippen molar-refractivity contribution in [2.45, 2.75) is 59.2 Å². The van der Waals surface area contributed by atoms with Gasteiger partial charge in [0.25, 0.3) is 0 Å². The molecule has 2 aliphatic carbocycles. The Bertz CT molecular complexity index is 214. The summed E-state index contributed by atoms with van der Waals surface area (Å²) in [6, 6.07) is 0. The fourth-order valence-corrected chi connectivity index (χ4v) is 3.46. The molecule has 0 aliphatic heterocycles. The van der Waals surface area contributed by atoms with Crippen molar-refractivity contribution >= 4 is 0 Å². The topological polar surface area (TPSA) is 9.23 Å². The Morgan fingerprint density at radius 3 is 2.07 bits per heavy atom. The molecule has 0 saturated heterocycles. The van der Waals surface area contributed by atoms with E-state index in [0.717, 1.165) is 23.7 Å². The van der Waals surface area contributed by atoms with Crippen LogP contribution >= 0.6 is 0 Å². The van der Waals surface area contributed by atoms with Crippen LogP contribution in [0.3, 0.4) is 0 Å². The molecule has 82 valence electrons. The average molecular weight is 196 g/mol. The van der Waals surface area contributed by atoms with Gasteiger partial charge in [0.15, 0.2) is 0 Å². The molecule has 5 atom stereocenters. The molecule has 2 fully saturated rings. The standard InChI is InChI=1S/C13H24O/c1-8-9(2)11-6-10(8)7-12(11)14-13(3,4)5/h8-12H,6-7H2,1-5H3. The van der Waals surface area contributed by atoms with Crippen molar-refractivity contribution in [1.29, 1.82) is 0 Å². The van der Waals surface area contributed by atoms with Crippen LogP contribution in [0.25, 0.3) is 0 Å². The SMILES string of the molecule is CC1C2CC(OC(C)(C)C)C(C2)C1C. The van der Waals surface area contributed by atoms with E-state index in [1.54, 1.807) is 0 Å². The van der Waals surface area contributed by atoms with Gasteiger partial charge in [-0.3, -0.25) is 0 Å². The minimum Gasteiger partial charge on any atom is -0.372 e. The zero-order valence-electron chi connectivity index (χ0n) is 10.2. The maximum atomic E-state index is 6.15. The summed E-state index contributed by atoms with van der Waals surface area (Å²) in [6.45, 7) is 11.4. The average Bonchev–Trinajstić information content (AvgIpc) is 2.51. The van der Waals surface area contributed by atoms with Crippen molar-refractivity contribution in [3.8, 4) is 0 Å². The van der Waals surface area contributed by atoms with Crippen LogP contribution in [0, 0.1) is 23.7 Å². The predicted octanol–water partition coefficient (Wildman–Crippen LogP) is 3.48. The molecule has 0 aromatic rings. The maximum absolute atomic E-state index is 6.15. The lowest BCUT2D eigenvalue weighted by Gasteiger charge is -2.35. The lowest BCUT2D eigenvalue weighted by atomic mass is 9.80. The summed E-state index contributed by atoms with van der Waals surface area (Å²) in [5.41, 5.74) is 0.0398. The van der Waals surface area contributed by atoms with Crippen LogP contribution in [-0.4, -0.2) is 11.7 Å². The Morgan fingerprint density at radius 1 is 1.00 bits per heavy atom. The second-order valence-electron chi connectivity index (χ2n) is 6.38. The number of hydrogen-bond donors (Lipinski definition) is 0. The Labute approximate surface area is 88.2 Å². The third-order valence-electron chi connectivity index (χ3n) is 4.34. The van der Waals surface area contributed by atoms with E-state index >= 15 is 0 Å². The molecular formula is C13H24O. The molecule has 2 saturated carbocycles. The highest BCUT2D eigenvalue weighted by Crippen LogP contribution is 2.53. The molecule has 0 aromatic carbocycles. The van der Waals surface area contributed by atoms with Gasteiger partial charge < -0.3 is 4.74 Å². The van der Waals surface area contributed by atoms with E-state index in [9.17, 15) is 0 Å². The Balaban J connectivity index is 2.00. The third kappa shape index (κ3) is 1.71. The van der Waals surface area contributed by atoms with Crippen molar-refractivity contribution < 1.29 is 4.74 Å². The van der Waals surface area contributed by atoms with Crippen LogP contribution in [0.4, 0.5) is 0 Å². The molecule has 2 bridgehead atoms. The van der Waals surface area contributed by atoms with Gasteiger partial charge in [0.2, 0.25) is 0 Å². The fourth-order valence-electron chi connectivity index (χ4n) is 3.46. The molecule has 0 N–H and O–H groups in total. The lowest BCUT2D eigenvalue weighted by Crippen LogP contribution is -2.36. The summed E-state index contributed by atoms with van der Waals surface area (Å²) in [4.78, 5) is 0. The molecule has 1 nitrogen and oxygen atoms in total. The van der Waals surface area contributed by atoms with Gasteiger partial charge in [-0.1, -0.05) is 13.8 Å². The first-order valence-corrected chi connectivity index (χ1v) is 6.06. The molecule has 2 rings (SSSR count). The van der Waals surface area contributed by atoms with Gasteiger partial charge in [-0.05, 0) is 57.3 Å². The predicted molar refractivity (Wildman–Crippen MR) is 59.2 cm³/mol. The minimum atomic E-state index is 0.0398. The summed E-state index contributed by atoms with van der Waals surface area (Å²) in [7, 11) is 0. The molecule has 2 aliphatic rings. The number of ether oxygens (including phenoxy) is 1. The van der Waals surface area contributed by atoms with E-state index in [4.69, 9.17) is 4.74 Å². The highest BCUT2D eigenvalue weighted by atomic mass is 16.5. The van der Waals surface area contributed by atoms with Gasteiger partial charge >= 0.3 is 0 Å². The highest BCUT2D eigenvalue weighted by molar-refractivity contribution is 4.99. The van der Waals surface area contributed by atoms with E-state index < -0.39 is 0 Å². The summed E-state index contributed by atoms with van der Waals surface area (Å²) in [6.07, 6.45) is 3.28. The van der Waals surface area contributed by atoms with Crippen molar-refractivity contribution in [3.63, 3.8) is 0 Å². The smallest absolute Gasteiger partial charge is 0.0615 e. The van der Waals surface area contributed by atoms with Crippen molar-refractivity contribution in [2.24, 2.45) is 23.7 Å². The van der Waals surface area contributed by atoms with Gasteiger partial charge in [0.1, 0.15) is 0 Å². The minimum absolute atomic E-state index is 0.0398. The normalized spacial score (nSPS) is 47.4. The monoisotopic (exact) mass is 196 g/mol. The molecule has 1 heteroatoms. The van der Waals surface area contributed by atoms with E-state index in [2.05, 4.69) is 34.6 Å². The first kappa shape index (κ1) is 10.5. The zero-order valence-corrected chi connectivity index (χ0v) is 10.2. The summed E-state index contributed by atoms with van der Waals surface area (Å²) < 4.78 is 6.15. The molecular weight excluding hydrogens is 172 g/mol. The lowest BCUT2D eigenvalue weighted by molar-refractivity contribution is -0.0953. The maximum Gasteiger partial charge on any atom is 0.0615 e. The highest BCUT2D eigenvalue weighted by Gasteiger charge is 2.49. The zero-order chi connectivity index (χ0) is 10.5. The second-order valence-corrected chi connectivity index (χ2v) is 6.38. The largest absolute Gasteiger partial charge is 0.372 e. The molecule has 14 heavy (non-hydrogen) atoms. The quantitative estimate of drug-likeness (QED) is 0.624. The van der Waals surface area contributed by atoms with E-state index in [1.165, 1.54) is 12.8 Å². The summed E-state index contributed by atoms with van der Waals surface area (Å²) >= 11 is 0. The first-order chi connectivity index (χ1) is 6.38. The number of rotatable bonds is 1. The van der Waals surface area contributed by atoms with Crippen molar-refractivity contribution in [3.05, 3.63) is 0 Å². The van der Waals surface area contributed by atoms with Crippen LogP contribution in [0.2, 0.25) is 0 Å². The Kier molecular flexibility index (Phi) is 2.42. The van der Waals surface area contributed by atoms with Crippen LogP contribution < -0.4 is 0 Å². The first-order valence-electron chi connectivity index (χ1n) is 6.06. The van der Waals surface area contributed by atoms with Gasteiger partial charge in [0, 0.05) is 0 Å². The van der Waals surface area contributed by atoms with Gasteiger partial charge in [-0.2, -0.15) is 0 Å². The molecule has 5 unspecified atom stereocenters. The van der Waals surface area contributed by atoms with E-state index in [0.29, 0.717) is 6.10 Å². The van der Waals surface area contributed by atoms with Crippen molar-refractivity contribution in [1.82, 2.24) is 0 Å². The molecule has 0 radical (unpaired) electrons. The Morgan fingerprint density at radius 2 is 1.64 bits per heavy atom. The summed E-state index contributed by atoms with van der Waals surface area (Å²) in [5, 5.41) is 0. The van der Waals surface area contributed by atoms with Gasteiger partial charge in [0.05, 0.1) is 11.7 Å². The number of fused-ring (bicyclic) bond motifs is 2. The fraction of sp³-hybridized carbons (Fsp3) is 1.00.